The van der Waals surface area contributed by atoms with Gasteiger partial charge in [0.15, 0.2) is 0 Å². The molecule has 8 heteroatoms. The number of nitrogens with zero attached hydrogens (tertiary/aromatic N) is 2. The number of methoxy groups -OCH3 is 1. The molecule has 0 aliphatic rings. The molecule has 0 bridgehead atoms. The first-order valence-corrected chi connectivity index (χ1v) is 6.15. The minimum Gasteiger partial charge on any atom is -0.383 e. The molecule has 0 aliphatic heterocycles. The average Bonchev–Trinajstić information content (AvgIpc) is 2.34. The van der Waals surface area contributed by atoms with Crippen molar-refractivity contribution in [3.63, 3.8) is 0 Å². The standard InChI is InChI=1S/C10H16BrN5O2/c1-6(9(17)13-3-4-18-2)15-8-7(11)5-14-10(12)16-8/h5-6H,3-4H2,1-2H3,(H,13,17)(H3,12,14,15,16). The van der Waals surface area contributed by atoms with E-state index in [1.54, 1.807) is 14.0 Å². The molecule has 0 saturated carbocycles. The van der Waals surface area contributed by atoms with Crippen LogP contribution in [0.5, 0.6) is 0 Å². The molecule has 7 nitrogen and oxygen atoms in total. The SMILES string of the molecule is COCCNC(=O)C(C)Nc1nc(N)ncc1Br. The van der Waals surface area contributed by atoms with E-state index in [-0.39, 0.29) is 11.9 Å². The molecule has 1 heterocycles. The molecule has 0 aromatic carbocycles. The number of halogens is 1. The summed E-state index contributed by atoms with van der Waals surface area (Å²) >= 11 is 3.28. The smallest absolute Gasteiger partial charge is 0.242 e. The Morgan fingerprint density at radius 1 is 1.67 bits per heavy atom. The number of aromatic nitrogens is 2. The predicted octanol–water partition coefficient (Wildman–Crippen LogP) is 0.384. The van der Waals surface area contributed by atoms with E-state index in [9.17, 15) is 4.79 Å². The molecule has 0 radical (unpaired) electrons. The number of amides is 1. The number of carbonyl (C=O) groups excluding carboxylic acids is 1. The van der Waals surface area contributed by atoms with E-state index < -0.39 is 6.04 Å². The van der Waals surface area contributed by atoms with Crippen molar-refractivity contribution < 1.29 is 9.53 Å². The number of carbonyl (C=O) groups is 1. The van der Waals surface area contributed by atoms with E-state index in [2.05, 4.69) is 36.5 Å². The first kappa shape index (κ1) is 14.7. The maximum Gasteiger partial charge on any atom is 0.242 e. The lowest BCUT2D eigenvalue weighted by Crippen LogP contribution is -2.39. The topological polar surface area (TPSA) is 102 Å². The van der Waals surface area contributed by atoms with Gasteiger partial charge in [-0.3, -0.25) is 4.79 Å². The van der Waals surface area contributed by atoms with Gasteiger partial charge in [0.05, 0.1) is 11.1 Å². The van der Waals surface area contributed by atoms with Gasteiger partial charge in [0.25, 0.3) is 0 Å². The summed E-state index contributed by atoms with van der Waals surface area (Å²) in [5.74, 6) is 0.487. The highest BCUT2D eigenvalue weighted by Crippen LogP contribution is 2.19. The van der Waals surface area contributed by atoms with Crippen molar-refractivity contribution in [1.82, 2.24) is 15.3 Å². The van der Waals surface area contributed by atoms with Crippen molar-refractivity contribution in [2.45, 2.75) is 13.0 Å². The quantitative estimate of drug-likeness (QED) is 0.656. The molecule has 1 amide bonds. The number of anilines is 2. The Kier molecular flexibility index (Phi) is 5.79. The normalized spacial score (nSPS) is 11.9. The number of hydrogen-bond donors (Lipinski definition) is 3. The summed E-state index contributed by atoms with van der Waals surface area (Å²) in [6.45, 7) is 2.67. The fourth-order valence-corrected chi connectivity index (χ4v) is 1.49. The molecule has 1 aromatic heterocycles. The molecule has 0 saturated heterocycles. The van der Waals surface area contributed by atoms with Crippen LogP contribution < -0.4 is 16.4 Å². The van der Waals surface area contributed by atoms with E-state index in [1.807, 2.05) is 0 Å². The lowest BCUT2D eigenvalue weighted by molar-refractivity contribution is -0.121. The van der Waals surface area contributed by atoms with E-state index in [0.717, 1.165) is 0 Å². The van der Waals surface area contributed by atoms with Gasteiger partial charge in [0.1, 0.15) is 11.9 Å². The molecule has 1 atom stereocenters. The Labute approximate surface area is 114 Å². The molecular formula is C10H16BrN5O2. The first-order chi connectivity index (χ1) is 8.54. The number of rotatable bonds is 6. The van der Waals surface area contributed by atoms with E-state index in [1.165, 1.54) is 6.20 Å². The largest absolute Gasteiger partial charge is 0.383 e. The lowest BCUT2D eigenvalue weighted by atomic mass is 10.3. The van der Waals surface area contributed by atoms with Crippen LogP contribution in [0.15, 0.2) is 10.7 Å². The Morgan fingerprint density at radius 2 is 2.39 bits per heavy atom. The highest BCUT2D eigenvalue weighted by molar-refractivity contribution is 9.10. The summed E-state index contributed by atoms with van der Waals surface area (Å²) in [6, 6.07) is -0.438. The van der Waals surface area contributed by atoms with Crippen molar-refractivity contribution in [1.29, 1.82) is 0 Å². The second-order valence-corrected chi connectivity index (χ2v) is 4.43. The van der Waals surface area contributed by atoms with Crippen LogP contribution in [0.3, 0.4) is 0 Å². The number of nitrogens with two attached hydrogens (primary N) is 1. The number of ether oxygens (including phenoxy) is 1. The minimum atomic E-state index is -0.438. The van der Waals surface area contributed by atoms with Gasteiger partial charge in [-0.1, -0.05) is 0 Å². The van der Waals surface area contributed by atoms with Crippen LogP contribution in [-0.2, 0) is 9.53 Å². The van der Waals surface area contributed by atoms with Crippen molar-refractivity contribution in [3.05, 3.63) is 10.7 Å². The van der Waals surface area contributed by atoms with E-state index in [0.29, 0.717) is 23.4 Å². The van der Waals surface area contributed by atoms with Gasteiger partial charge in [-0.05, 0) is 22.9 Å². The number of nitrogens with one attached hydrogen (secondary N) is 2. The molecule has 0 fully saturated rings. The van der Waals surface area contributed by atoms with Gasteiger partial charge in [-0.2, -0.15) is 4.98 Å². The molecule has 0 aliphatic carbocycles. The summed E-state index contributed by atoms with van der Waals surface area (Å²) in [5.41, 5.74) is 5.48. The van der Waals surface area contributed by atoms with Crippen LogP contribution in [0.25, 0.3) is 0 Å². The number of hydrogen-bond acceptors (Lipinski definition) is 6. The molecule has 1 unspecified atom stereocenters. The predicted molar refractivity (Wildman–Crippen MR) is 72.1 cm³/mol. The van der Waals surface area contributed by atoms with Crippen molar-refractivity contribution >= 4 is 33.6 Å². The van der Waals surface area contributed by atoms with Crippen LogP contribution in [0.1, 0.15) is 6.92 Å². The van der Waals surface area contributed by atoms with Crippen LogP contribution in [0.2, 0.25) is 0 Å². The van der Waals surface area contributed by atoms with Crippen LogP contribution in [0, 0.1) is 0 Å². The van der Waals surface area contributed by atoms with Crippen LogP contribution in [0.4, 0.5) is 11.8 Å². The van der Waals surface area contributed by atoms with E-state index >= 15 is 0 Å². The van der Waals surface area contributed by atoms with Gasteiger partial charge in [0.2, 0.25) is 11.9 Å². The third-order valence-corrected chi connectivity index (χ3v) is 2.69. The molecule has 100 valence electrons. The summed E-state index contributed by atoms with van der Waals surface area (Å²) in [6.07, 6.45) is 1.53. The van der Waals surface area contributed by atoms with Gasteiger partial charge in [-0.15, -0.1) is 0 Å². The Balaban J connectivity index is 2.55. The highest BCUT2D eigenvalue weighted by Gasteiger charge is 2.14. The molecule has 4 N–H and O–H groups in total. The molecule has 0 spiro atoms. The first-order valence-electron chi connectivity index (χ1n) is 5.35. The average molecular weight is 318 g/mol. The second kappa shape index (κ2) is 7.12. The lowest BCUT2D eigenvalue weighted by Gasteiger charge is -2.15. The number of nitrogen functional groups attached to an aromatic ring is 1. The van der Waals surface area contributed by atoms with Crippen molar-refractivity contribution in [2.75, 3.05) is 31.3 Å². The highest BCUT2D eigenvalue weighted by atomic mass is 79.9. The van der Waals surface area contributed by atoms with Crippen molar-refractivity contribution in [3.8, 4) is 0 Å². The molecule has 1 aromatic rings. The molecule has 18 heavy (non-hydrogen) atoms. The molecular weight excluding hydrogens is 302 g/mol. The maximum absolute atomic E-state index is 11.7. The Morgan fingerprint density at radius 3 is 3.06 bits per heavy atom. The zero-order valence-electron chi connectivity index (χ0n) is 10.2. The van der Waals surface area contributed by atoms with Gasteiger partial charge in [-0.25, -0.2) is 4.98 Å². The van der Waals surface area contributed by atoms with Gasteiger partial charge < -0.3 is 21.1 Å². The fourth-order valence-electron chi connectivity index (χ4n) is 1.18. The summed E-state index contributed by atoms with van der Waals surface area (Å²) in [7, 11) is 1.58. The summed E-state index contributed by atoms with van der Waals surface area (Å²) in [4.78, 5) is 19.5. The molecule has 1 rings (SSSR count). The maximum atomic E-state index is 11.7. The van der Waals surface area contributed by atoms with Gasteiger partial charge in [0, 0.05) is 19.9 Å². The van der Waals surface area contributed by atoms with Crippen LogP contribution in [-0.4, -0.2) is 42.2 Å². The summed E-state index contributed by atoms with van der Waals surface area (Å²) < 4.78 is 5.49. The van der Waals surface area contributed by atoms with Crippen LogP contribution >= 0.6 is 15.9 Å². The zero-order valence-corrected chi connectivity index (χ0v) is 11.8. The zero-order chi connectivity index (χ0) is 13.5. The third-order valence-electron chi connectivity index (χ3n) is 2.11. The third kappa shape index (κ3) is 4.46. The van der Waals surface area contributed by atoms with E-state index in [4.69, 9.17) is 10.5 Å². The minimum absolute atomic E-state index is 0.142. The second-order valence-electron chi connectivity index (χ2n) is 3.57. The van der Waals surface area contributed by atoms with Crippen molar-refractivity contribution in [2.24, 2.45) is 0 Å². The van der Waals surface area contributed by atoms with Gasteiger partial charge >= 0.3 is 0 Å². The monoisotopic (exact) mass is 317 g/mol. The Bertz CT molecular complexity index is 415. The fraction of sp³-hybridized carbons (Fsp3) is 0.500. The Hall–Kier alpha value is -1.41. The summed E-state index contributed by atoms with van der Waals surface area (Å²) in [5, 5.41) is 5.67.